The molecule has 0 aromatic carbocycles. The van der Waals surface area contributed by atoms with Crippen molar-refractivity contribution in [3.05, 3.63) is 32.6 Å². The van der Waals surface area contributed by atoms with Crippen molar-refractivity contribution in [2.45, 2.75) is 30.7 Å². The Morgan fingerprint density at radius 2 is 2.27 bits per heavy atom. The van der Waals surface area contributed by atoms with Crippen LogP contribution in [0.25, 0.3) is 0 Å². The number of hydrogen-bond acceptors (Lipinski definition) is 6. The zero-order chi connectivity index (χ0) is 16.4. The average Bonchev–Trinajstić information content (AvgIpc) is 2.78. The molecule has 1 aliphatic heterocycles. The van der Waals surface area contributed by atoms with E-state index in [1.54, 1.807) is 0 Å². The van der Waals surface area contributed by atoms with Gasteiger partial charge in [-0.2, -0.15) is 0 Å². The zero-order valence-electron chi connectivity index (χ0n) is 11.6. The number of methoxy groups -OCH3 is 1. The molecule has 0 saturated carbocycles. The first kappa shape index (κ1) is 17.5. The molecular weight excluding hydrogens is 414 g/mol. The fourth-order valence-corrected chi connectivity index (χ4v) is 3.10. The highest BCUT2D eigenvalue weighted by Gasteiger charge is 2.45. The van der Waals surface area contributed by atoms with Crippen molar-refractivity contribution in [1.29, 1.82) is 0 Å². The van der Waals surface area contributed by atoms with Gasteiger partial charge in [-0.15, -0.1) is 0 Å². The molecule has 2 unspecified atom stereocenters. The third-order valence-electron chi connectivity index (χ3n) is 3.51. The quantitative estimate of drug-likeness (QED) is 0.419. The normalized spacial score (nSPS) is 29.7. The Bertz CT molecular complexity index is 631. The Morgan fingerprint density at radius 3 is 2.77 bits per heavy atom. The highest BCUT2D eigenvalue weighted by molar-refractivity contribution is 14.1. The van der Waals surface area contributed by atoms with Crippen LogP contribution in [-0.2, 0) is 9.47 Å². The maximum Gasteiger partial charge on any atom is 0.330 e. The number of halogens is 2. The SMILES string of the molecule is COC(CI)c1cn([C@@H]2O[C@H](CO)[C@@H](O)C2F)c(=O)[nH]c1=O. The molecular formula is C12H16FIN2O6. The molecule has 5 atom stereocenters. The fraction of sp³-hybridized carbons (Fsp3) is 0.667. The van der Waals surface area contributed by atoms with Crippen LogP contribution in [0.2, 0.25) is 0 Å². The zero-order valence-corrected chi connectivity index (χ0v) is 13.8. The first-order chi connectivity index (χ1) is 10.4. The third-order valence-corrected chi connectivity index (χ3v) is 4.31. The van der Waals surface area contributed by atoms with Crippen LogP contribution < -0.4 is 11.2 Å². The van der Waals surface area contributed by atoms with Gasteiger partial charge in [0, 0.05) is 17.7 Å². The van der Waals surface area contributed by atoms with E-state index < -0.39 is 48.6 Å². The second-order valence-corrected chi connectivity index (χ2v) is 5.69. The van der Waals surface area contributed by atoms with Crippen LogP contribution in [0.15, 0.2) is 15.8 Å². The van der Waals surface area contributed by atoms with Gasteiger partial charge in [-0.1, -0.05) is 22.6 Å². The topological polar surface area (TPSA) is 114 Å². The monoisotopic (exact) mass is 430 g/mol. The molecule has 10 heteroatoms. The highest BCUT2D eigenvalue weighted by Crippen LogP contribution is 2.31. The summed E-state index contributed by atoms with van der Waals surface area (Å²) < 4.78 is 25.7. The predicted molar refractivity (Wildman–Crippen MR) is 81.9 cm³/mol. The predicted octanol–water partition coefficient (Wildman–Crippen LogP) is -0.752. The highest BCUT2D eigenvalue weighted by atomic mass is 127. The van der Waals surface area contributed by atoms with E-state index in [0.717, 1.165) is 10.8 Å². The van der Waals surface area contributed by atoms with Gasteiger partial charge in [-0.05, 0) is 0 Å². The van der Waals surface area contributed by atoms with Crippen LogP contribution >= 0.6 is 22.6 Å². The second-order valence-electron chi connectivity index (χ2n) is 4.81. The summed E-state index contributed by atoms with van der Waals surface area (Å²) in [5.74, 6) is 0. The lowest BCUT2D eigenvalue weighted by atomic mass is 10.1. The molecule has 0 amide bonds. The number of aliphatic hydroxyl groups excluding tert-OH is 2. The molecule has 1 aromatic heterocycles. The molecule has 2 rings (SSSR count). The number of aromatic nitrogens is 2. The molecule has 8 nitrogen and oxygen atoms in total. The molecule has 0 aliphatic carbocycles. The van der Waals surface area contributed by atoms with Crippen LogP contribution in [0.1, 0.15) is 17.9 Å². The molecule has 0 spiro atoms. The van der Waals surface area contributed by atoms with E-state index in [0.29, 0.717) is 4.43 Å². The Balaban J connectivity index is 2.46. The summed E-state index contributed by atoms with van der Waals surface area (Å²) >= 11 is 2.01. The lowest BCUT2D eigenvalue weighted by Gasteiger charge is -2.18. The van der Waals surface area contributed by atoms with Crippen molar-refractivity contribution in [3.63, 3.8) is 0 Å². The summed E-state index contributed by atoms with van der Waals surface area (Å²) in [6.45, 7) is -0.586. The Morgan fingerprint density at radius 1 is 1.59 bits per heavy atom. The van der Waals surface area contributed by atoms with Crippen molar-refractivity contribution < 1.29 is 24.1 Å². The number of rotatable bonds is 5. The van der Waals surface area contributed by atoms with Crippen molar-refractivity contribution >= 4 is 22.6 Å². The van der Waals surface area contributed by atoms with Gasteiger partial charge in [0.25, 0.3) is 5.56 Å². The minimum absolute atomic E-state index is 0.147. The Kier molecular flexibility index (Phi) is 5.71. The molecule has 1 saturated heterocycles. The molecule has 22 heavy (non-hydrogen) atoms. The van der Waals surface area contributed by atoms with Crippen molar-refractivity contribution in [2.75, 3.05) is 18.1 Å². The van der Waals surface area contributed by atoms with Gasteiger partial charge in [0.1, 0.15) is 12.2 Å². The number of aliphatic hydroxyl groups is 2. The Hall–Kier alpha value is -0.820. The number of nitrogens with one attached hydrogen (secondary N) is 1. The van der Waals surface area contributed by atoms with E-state index in [4.69, 9.17) is 14.6 Å². The summed E-state index contributed by atoms with van der Waals surface area (Å²) in [4.78, 5) is 25.8. The lowest BCUT2D eigenvalue weighted by molar-refractivity contribution is -0.0494. The number of alkyl halides is 2. The molecule has 0 bridgehead atoms. The van der Waals surface area contributed by atoms with E-state index in [1.807, 2.05) is 22.6 Å². The molecule has 1 fully saturated rings. The van der Waals surface area contributed by atoms with Crippen LogP contribution in [0.4, 0.5) is 4.39 Å². The van der Waals surface area contributed by atoms with E-state index >= 15 is 0 Å². The van der Waals surface area contributed by atoms with Crippen molar-refractivity contribution in [1.82, 2.24) is 9.55 Å². The van der Waals surface area contributed by atoms with Gasteiger partial charge in [0.2, 0.25) is 0 Å². The lowest BCUT2D eigenvalue weighted by Crippen LogP contribution is -2.38. The van der Waals surface area contributed by atoms with Crippen LogP contribution in [0, 0.1) is 0 Å². The van der Waals surface area contributed by atoms with Crippen LogP contribution in [0.5, 0.6) is 0 Å². The number of hydrogen-bond donors (Lipinski definition) is 3. The van der Waals surface area contributed by atoms with Gasteiger partial charge in [0.05, 0.1) is 18.3 Å². The summed E-state index contributed by atoms with van der Waals surface area (Å²) in [7, 11) is 1.41. The largest absolute Gasteiger partial charge is 0.394 e. The van der Waals surface area contributed by atoms with Gasteiger partial charge >= 0.3 is 5.69 Å². The van der Waals surface area contributed by atoms with E-state index in [2.05, 4.69) is 4.98 Å². The summed E-state index contributed by atoms with van der Waals surface area (Å²) in [6, 6.07) is 0. The Labute approximate surface area is 138 Å². The maximum atomic E-state index is 14.1. The first-order valence-corrected chi connectivity index (χ1v) is 7.99. The molecule has 124 valence electrons. The second kappa shape index (κ2) is 7.17. The number of aromatic amines is 1. The first-order valence-electron chi connectivity index (χ1n) is 6.47. The average molecular weight is 430 g/mol. The molecule has 1 aliphatic rings. The number of ether oxygens (including phenoxy) is 2. The maximum absolute atomic E-state index is 14.1. The number of H-pyrrole nitrogens is 1. The van der Waals surface area contributed by atoms with E-state index in [1.165, 1.54) is 7.11 Å². The van der Waals surface area contributed by atoms with E-state index in [9.17, 15) is 19.1 Å². The smallest absolute Gasteiger partial charge is 0.330 e. The van der Waals surface area contributed by atoms with Gasteiger partial charge in [0.15, 0.2) is 12.4 Å². The molecule has 1 aromatic rings. The van der Waals surface area contributed by atoms with Gasteiger partial charge in [-0.25, -0.2) is 9.18 Å². The van der Waals surface area contributed by atoms with E-state index in [-0.39, 0.29) is 5.56 Å². The molecule has 2 heterocycles. The van der Waals surface area contributed by atoms with Crippen LogP contribution in [0.3, 0.4) is 0 Å². The third kappa shape index (κ3) is 3.11. The summed E-state index contributed by atoms with van der Waals surface area (Å²) in [6.07, 6.45) is -5.44. The van der Waals surface area contributed by atoms with Gasteiger partial charge < -0.3 is 19.7 Å². The summed E-state index contributed by atoms with van der Waals surface area (Å²) in [5, 5.41) is 18.7. The standard InChI is InChI=1S/C12H16FIN2O6/c1-21-6(2-14)5-3-16(12(20)15-10(5)19)11-8(13)9(18)7(4-17)22-11/h3,6-9,11,17-18H,2,4H2,1H3,(H,15,19,20)/t6?,7-,8?,9-,11-/m1/s1. The molecule has 3 N–H and O–H groups in total. The minimum Gasteiger partial charge on any atom is -0.394 e. The minimum atomic E-state index is -1.91. The van der Waals surface area contributed by atoms with Crippen LogP contribution in [-0.4, -0.2) is 56.3 Å². The summed E-state index contributed by atoms with van der Waals surface area (Å²) in [5.41, 5.74) is -1.35. The van der Waals surface area contributed by atoms with Crippen molar-refractivity contribution in [3.8, 4) is 0 Å². The number of nitrogens with zero attached hydrogens (tertiary/aromatic N) is 1. The van der Waals surface area contributed by atoms with Gasteiger partial charge in [-0.3, -0.25) is 14.3 Å². The molecule has 0 radical (unpaired) electrons. The van der Waals surface area contributed by atoms with Crippen molar-refractivity contribution in [2.24, 2.45) is 0 Å². The fourth-order valence-electron chi connectivity index (χ4n) is 2.27.